The predicted octanol–water partition coefficient (Wildman–Crippen LogP) is 3.15. The molecule has 7 heteroatoms. The van der Waals surface area contributed by atoms with Crippen LogP contribution in [-0.2, 0) is 6.42 Å². The molecular weight excluding hydrogens is 342 g/mol. The van der Waals surface area contributed by atoms with Crippen molar-refractivity contribution < 1.29 is 9.72 Å². The third kappa shape index (κ3) is 5.27. The van der Waals surface area contributed by atoms with Gasteiger partial charge < -0.3 is 10.2 Å². The number of nitro benzene ring substituents is 1. The normalized spacial score (nSPS) is 12.0. The van der Waals surface area contributed by atoms with E-state index in [1.54, 1.807) is 0 Å². The molecule has 0 aromatic heterocycles. The average molecular weight is 362 g/mol. The summed E-state index contributed by atoms with van der Waals surface area (Å²) < 4.78 is 0. The zero-order chi connectivity index (χ0) is 18.4. The van der Waals surface area contributed by atoms with Crippen LogP contribution in [0.2, 0.25) is 5.02 Å². The lowest BCUT2D eigenvalue weighted by Gasteiger charge is -2.24. The minimum atomic E-state index is -0.600. The lowest BCUT2D eigenvalue weighted by atomic mass is 10.0. The Balaban J connectivity index is 2.04. The van der Waals surface area contributed by atoms with Crippen LogP contribution < -0.4 is 5.32 Å². The van der Waals surface area contributed by atoms with Gasteiger partial charge in [-0.1, -0.05) is 41.9 Å². The van der Waals surface area contributed by atoms with Crippen LogP contribution in [0.25, 0.3) is 0 Å². The van der Waals surface area contributed by atoms with Crippen LogP contribution in [0.5, 0.6) is 0 Å². The summed E-state index contributed by atoms with van der Waals surface area (Å²) >= 11 is 5.78. The van der Waals surface area contributed by atoms with E-state index in [2.05, 4.69) is 5.32 Å². The third-order valence-electron chi connectivity index (χ3n) is 3.95. The Morgan fingerprint density at radius 3 is 2.52 bits per heavy atom. The average Bonchev–Trinajstić information content (AvgIpc) is 2.59. The van der Waals surface area contributed by atoms with Crippen LogP contribution in [0.15, 0.2) is 48.5 Å². The minimum Gasteiger partial charge on any atom is -0.350 e. The van der Waals surface area contributed by atoms with E-state index in [-0.39, 0.29) is 28.2 Å². The SMILES string of the molecule is CN(C)[C@H](CNC(=O)c1ccc(Cl)c([N+](=O)[O-])c1)Cc1ccccc1. The fourth-order valence-corrected chi connectivity index (χ4v) is 2.62. The number of hydrogen-bond acceptors (Lipinski definition) is 4. The first-order valence-electron chi connectivity index (χ1n) is 7.81. The van der Waals surface area contributed by atoms with Crippen molar-refractivity contribution in [1.29, 1.82) is 0 Å². The monoisotopic (exact) mass is 361 g/mol. The zero-order valence-corrected chi connectivity index (χ0v) is 14.9. The number of hydrogen-bond donors (Lipinski definition) is 1. The van der Waals surface area contributed by atoms with Gasteiger partial charge in [0.15, 0.2) is 0 Å². The van der Waals surface area contributed by atoms with Crippen molar-refractivity contribution in [1.82, 2.24) is 10.2 Å². The van der Waals surface area contributed by atoms with Gasteiger partial charge in [-0.3, -0.25) is 14.9 Å². The van der Waals surface area contributed by atoms with Gasteiger partial charge in [0.05, 0.1) is 4.92 Å². The fraction of sp³-hybridized carbons (Fsp3) is 0.278. The molecule has 1 N–H and O–H groups in total. The van der Waals surface area contributed by atoms with Crippen molar-refractivity contribution in [3.8, 4) is 0 Å². The van der Waals surface area contributed by atoms with Crippen LogP contribution in [0, 0.1) is 10.1 Å². The molecule has 0 saturated heterocycles. The molecule has 25 heavy (non-hydrogen) atoms. The number of rotatable bonds is 7. The van der Waals surface area contributed by atoms with Gasteiger partial charge in [-0.15, -0.1) is 0 Å². The fourth-order valence-electron chi connectivity index (χ4n) is 2.43. The number of nitrogens with one attached hydrogen (secondary N) is 1. The van der Waals surface area contributed by atoms with E-state index in [1.165, 1.54) is 23.8 Å². The quantitative estimate of drug-likeness (QED) is 0.607. The van der Waals surface area contributed by atoms with Gasteiger partial charge in [0.2, 0.25) is 0 Å². The Hall–Kier alpha value is -2.44. The molecule has 6 nitrogen and oxygen atoms in total. The summed E-state index contributed by atoms with van der Waals surface area (Å²) in [7, 11) is 3.90. The second-order valence-electron chi connectivity index (χ2n) is 5.94. The highest BCUT2D eigenvalue weighted by molar-refractivity contribution is 6.32. The number of nitrogens with zero attached hydrogens (tertiary/aromatic N) is 2. The molecule has 0 heterocycles. The van der Waals surface area contributed by atoms with Crippen molar-refractivity contribution in [2.75, 3.05) is 20.6 Å². The molecule has 0 radical (unpaired) electrons. The van der Waals surface area contributed by atoms with E-state index in [0.717, 1.165) is 6.42 Å². The number of amides is 1. The molecule has 1 atom stereocenters. The second-order valence-corrected chi connectivity index (χ2v) is 6.35. The highest BCUT2D eigenvalue weighted by Crippen LogP contribution is 2.25. The first kappa shape index (κ1) is 18.9. The van der Waals surface area contributed by atoms with Gasteiger partial charge in [-0.25, -0.2) is 0 Å². The molecule has 1 amide bonds. The molecule has 0 saturated carbocycles. The summed E-state index contributed by atoms with van der Waals surface area (Å²) in [6, 6.07) is 14.1. The third-order valence-corrected chi connectivity index (χ3v) is 4.27. The van der Waals surface area contributed by atoms with Crippen molar-refractivity contribution in [2.45, 2.75) is 12.5 Å². The molecule has 2 aromatic carbocycles. The molecule has 0 spiro atoms. The van der Waals surface area contributed by atoms with Gasteiger partial charge in [0, 0.05) is 24.2 Å². The molecule has 0 bridgehead atoms. The van der Waals surface area contributed by atoms with Gasteiger partial charge in [-0.05, 0) is 38.2 Å². The summed E-state index contributed by atoms with van der Waals surface area (Å²) in [4.78, 5) is 24.7. The largest absolute Gasteiger partial charge is 0.350 e. The molecule has 0 fully saturated rings. The number of carbonyl (C=O) groups is 1. The molecule has 132 valence electrons. The van der Waals surface area contributed by atoms with Crippen molar-refractivity contribution in [2.24, 2.45) is 0 Å². The van der Waals surface area contributed by atoms with Gasteiger partial charge in [0.25, 0.3) is 11.6 Å². The maximum Gasteiger partial charge on any atom is 0.288 e. The van der Waals surface area contributed by atoms with Crippen LogP contribution >= 0.6 is 11.6 Å². The number of benzene rings is 2. The standard InChI is InChI=1S/C18H20ClN3O3/c1-21(2)15(10-13-6-4-3-5-7-13)12-20-18(23)14-8-9-16(19)17(11-14)22(24)25/h3-9,11,15H,10,12H2,1-2H3,(H,20,23)/t15-/m0/s1. The first-order valence-corrected chi connectivity index (χ1v) is 8.18. The van der Waals surface area contributed by atoms with Crippen molar-refractivity contribution in [3.05, 3.63) is 74.8 Å². The van der Waals surface area contributed by atoms with Crippen LogP contribution in [0.3, 0.4) is 0 Å². The summed E-state index contributed by atoms with van der Waals surface area (Å²) in [5.74, 6) is -0.361. The Labute approximate surface area is 151 Å². The van der Waals surface area contributed by atoms with Gasteiger partial charge in [0.1, 0.15) is 5.02 Å². The van der Waals surface area contributed by atoms with Crippen molar-refractivity contribution >= 4 is 23.2 Å². The van der Waals surface area contributed by atoms with E-state index < -0.39 is 4.92 Å². The highest BCUT2D eigenvalue weighted by Gasteiger charge is 2.18. The number of nitro groups is 1. The van der Waals surface area contributed by atoms with E-state index in [9.17, 15) is 14.9 Å². The van der Waals surface area contributed by atoms with Crippen LogP contribution in [0.4, 0.5) is 5.69 Å². The molecule has 0 aliphatic carbocycles. The Bertz CT molecular complexity index is 750. The second kappa shape index (κ2) is 8.60. The Morgan fingerprint density at radius 2 is 1.92 bits per heavy atom. The number of likely N-dealkylation sites (N-methyl/N-ethyl adjacent to an activating group) is 1. The van der Waals surface area contributed by atoms with Crippen LogP contribution in [0.1, 0.15) is 15.9 Å². The topological polar surface area (TPSA) is 75.5 Å². The predicted molar refractivity (Wildman–Crippen MR) is 98.1 cm³/mol. The van der Waals surface area contributed by atoms with Crippen molar-refractivity contribution in [3.63, 3.8) is 0 Å². The summed E-state index contributed by atoms with van der Waals surface area (Å²) in [6.45, 7) is 0.428. The lowest BCUT2D eigenvalue weighted by Crippen LogP contribution is -2.41. The summed E-state index contributed by atoms with van der Waals surface area (Å²) in [5, 5.41) is 13.8. The smallest absolute Gasteiger partial charge is 0.288 e. The van der Waals surface area contributed by atoms with E-state index in [0.29, 0.717) is 6.54 Å². The van der Waals surface area contributed by atoms with E-state index in [4.69, 9.17) is 11.6 Å². The highest BCUT2D eigenvalue weighted by atomic mass is 35.5. The van der Waals surface area contributed by atoms with Gasteiger partial charge >= 0.3 is 0 Å². The maximum absolute atomic E-state index is 12.3. The number of carbonyl (C=O) groups excluding carboxylic acids is 1. The molecule has 2 aromatic rings. The van der Waals surface area contributed by atoms with E-state index in [1.807, 2.05) is 49.3 Å². The molecule has 0 aliphatic rings. The zero-order valence-electron chi connectivity index (χ0n) is 14.1. The summed E-state index contributed by atoms with van der Waals surface area (Å²) in [6.07, 6.45) is 0.787. The Kier molecular flexibility index (Phi) is 6.50. The summed E-state index contributed by atoms with van der Waals surface area (Å²) in [5.41, 5.74) is 1.12. The first-order chi connectivity index (χ1) is 11.9. The number of halogens is 1. The maximum atomic E-state index is 12.3. The molecule has 0 unspecified atom stereocenters. The lowest BCUT2D eigenvalue weighted by molar-refractivity contribution is -0.384. The molecular formula is C18H20ClN3O3. The van der Waals surface area contributed by atoms with Gasteiger partial charge in [-0.2, -0.15) is 0 Å². The van der Waals surface area contributed by atoms with Crippen LogP contribution in [-0.4, -0.2) is 42.4 Å². The minimum absolute atomic E-state index is 0.0109. The van der Waals surface area contributed by atoms with E-state index >= 15 is 0 Å². The molecule has 2 rings (SSSR count). The Morgan fingerprint density at radius 1 is 1.24 bits per heavy atom. The molecule has 0 aliphatic heterocycles.